The average molecular weight is 190 g/mol. The van der Waals surface area contributed by atoms with Gasteiger partial charge in [-0.25, -0.2) is 4.79 Å². The second-order valence-corrected chi connectivity index (χ2v) is 2.87. The van der Waals surface area contributed by atoms with Crippen LogP contribution in [-0.2, 0) is 0 Å². The van der Waals surface area contributed by atoms with Crippen molar-refractivity contribution in [2.24, 2.45) is 0 Å². The van der Waals surface area contributed by atoms with Gasteiger partial charge in [0.25, 0.3) is 0 Å². The molecule has 0 aromatic heterocycles. The van der Waals surface area contributed by atoms with Crippen molar-refractivity contribution in [2.75, 3.05) is 14.1 Å². The van der Waals surface area contributed by atoms with Crippen molar-refractivity contribution < 1.29 is 9.53 Å². The van der Waals surface area contributed by atoms with E-state index >= 15 is 0 Å². The van der Waals surface area contributed by atoms with Crippen LogP contribution in [0.1, 0.15) is 5.56 Å². The molecule has 0 fully saturated rings. The first-order valence-electron chi connectivity index (χ1n) is 4.03. The molecule has 4 heteroatoms. The molecule has 1 rings (SSSR count). The second kappa shape index (κ2) is 4.28. The molecule has 0 aliphatic carbocycles. The maximum Gasteiger partial charge on any atom is 0.414 e. The van der Waals surface area contributed by atoms with Crippen molar-refractivity contribution in [1.29, 1.82) is 5.26 Å². The van der Waals surface area contributed by atoms with E-state index < -0.39 is 6.09 Å². The third-order valence-electron chi connectivity index (χ3n) is 1.57. The number of ether oxygens (including phenoxy) is 1. The molecule has 4 nitrogen and oxygen atoms in total. The van der Waals surface area contributed by atoms with E-state index in [-0.39, 0.29) is 5.75 Å². The van der Waals surface area contributed by atoms with Gasteiger partial charge in [0.2, 0.25) is 0 Å². The zero-order valence-corrected chi connectivity index (χ0v) is 8.02. The smallest absolute Gasteiger partial charge is 0.409 e. The molecule has 0 radical (unpaired) electrons. The van der Waals surface area contributed by atoms with Crippen LogP contribution in [0.4, 0.5) is 4.79 Å². The van der Waals surface area contributed by atoms with Crippen LogP contribution in [-0.4, -0.2) is 25.1 Å². The van der Waals surface area contributed by atoms with Crippen molar-refractivity contribution in [1.82, 2.24) is 4.90 Å². The Morgan fingerprint density at radius 3 is 2.64 bits per heavy atom. The fraction of sp³-hybridized carbons (Fsp3) is 0.200. The molecular weight excluding hydrogens is 180 g/mol. The predicted octanol–water partition coefficient (Wildman–Crippen LogP) is 1.62. The van der Waals surface area contributed by atoms with Gasteiger partial charge >= 0.3 is 6.09 Å². The number of nitrogens with zero attached hydrogens (tertiary/aromatic N) is 2. The Balaban J connectivity index is 2.87. The first-order valence-corrected chi connectivity index (χ1v) is 4.03. The third kappa shape index (κ3) is 2.23. The van der Waals surface area contributed by atoms with Crippen LogP contribution in [0.2, 0.25) is 0 Å². The molecular formula is C10H10N2O2. The molecule has 1 aromatic carbocycles. The third-order valence-corrected chi connectivity index (χ3v) is 1.57. The summed E-state index contributed by atoms with van der Waals surface area (Å²) in [6.07, 6.45) is -0.493. The van der Waals surface area contributed by atoms with E-state index in [1.807, 2.05) is 6.07 Å². The molecule has 1 aromatic rings. The van der Waals surface area contributed by atoms with E-state index in [9.17, 15) is 4.79 Å². The molecule has 0 aliphatic rings. The summed E-state index contributed by atoms with van der Waals surface area (Å²) in [5.74, 6) is 0.286. The fourth-order valence-electron chi connectivity index (χ4n) is 0.833. The Morgan fingerprint density at radius 2 is 2.07 bits per heavy atom. The highest BCUT2D eigenvalue weighted by atomic mass is 16.6. The Morgan fingerprint density at radius 1 is 1.43 bits per heavy atom. The van der Waals surface area contributed by atoms with Crippen LogP contribution in [0, 0.1) is 11.3 Å². The van der Waals surface area contributed by atoms with Crippen LogP contribution < -0.4 is 4.74 Å². The molecule has 0 saturated carbocycles. The van der Waals surface area contributed by atoms with Crippen LogP contribution in [0.15, 0.2) is 24.3 Å². The van der Waals surface area contributed by atoms with E-state index in [1.54, 1.807) is 38.4 Å². The molecule has 1 amide bonds. The second-order valence-electron chi connectivity index (χ2n) is 2.87. The quantitative estimate of drug-likeness (QED) is 0.676. The van der Waals surface area contributed by atoms with Gasteiger partial charge in [-0.05, 0) is 12.1 Å². The number of carbonyl (C=O) groups excluding carboxylic acids is 1. The molecule has 0 atom stereocenters. The van der Waals surface area contributed by atoms with Crippen molar-refractivity contribution in [3.05, 3.63) is 29.8 Å². The lowest BCUT2D eigenvalue weighted by Gasteiger charge is -2.10. The topological polar surface area (TPSA) is 53.3 Å². The molecule has 0 spiro atoms. The lowest BCUT2D eigenvalue weighted by molar-refractivity contribution is 0.172. The Bertz CT molecular complexity index is 380. The highest BCUT2D eigenvalue weighted by molar-refractivity contribution is 5.70. The van der Waals surface area contributed by atoms with E-state index in [0.717, 1.165) is 0 Å². The number of amides is 1. The van der Waals surface area contributed by atoms with Crippen LogP contribution in [0.25, 0.3) is 0 Å². The summed E-state index contributed by atoms with van der Waals surface area (Å²) in [4.78, 5) is 12.5. The van der Waals surface area contributed by atoms with Gasteiger partial charge in [0.15, 0.2) is 5.75 Å². The van der Waals surface area contributed by atoms with Crippen molar-refractivity contribution in [3.63, 3.8) is 0 Å². The number of hydrogen-bond donors (Lipinski definition) is 0. The Kier molecular flexibility index (Phi) is 3.08. The lowest BCUT2D eigenvalue weighted by Crippen LogP contribution is -2.25. The summed E-state index contributed by atoms with van der Waals surface area (Å²) in [7, 11) is 3.16. The Labute approximate surface area is 82.3 Å². The summed E-state index contributed by atoms with van der Waals surface area (Å²) < 4.78 is 4.96. The summed E-state index contributed by atoms with van der Waals surface area (Å²) in [6.45, 7) is 0. The molecule has 72 valence electrons. The number of hydrogen-bond acceptors (Lipinski definition) is 3. The molecule has 0 aliphatic heterocycles. The highest BCUT2D eigenvalue weighted by Crippen LogP contribution is 2.16. The Hall–Kier alpha value is -2.02. The maximum atomic E-state index is 11.2. The van der Waals surface area contributed by atoms with Gasteiger partial charge in [0.1, 0.15) is 6.07 Å². The molecule has 0 saturated heterocycles. The van der Waals surface area contributed by atoms with Gasteiger partial charge < -0.3 is 9.64 Å². The van der Waals surface area contributed by atoms with Gasteiger partial charge in [0, 0.05) is 14.1 Å². The number of carbonyl (C=O) groups is 1. The first kappa shape index (κ1) is 10.1. The normalized spacial score (nSPS) is 8.93. The number of rotatable bonds is 1. The number of benzene rings is 1. The van der Waals surface area contributed by atoms with Gasteiger partial charge in [-0.3, -0.25) is 0 Å². The highest BCUT2D eigenvalue weighted by Gasteiger charge is 2.09. The van der Waals surface area contributed by atoms with Crippen LogP contribution >= 0.6 is 0 Å². The van der Waals surface area contributed by atoms with E-state index in [2.05, 4.69) is 0 Å². The molecule has 0 heterocycles. The minimum atomic E-state index is -0.493. The molecule has 0 N–H and O–H groups in total. The molecule has 14 heavy (non-hydrogen) atoms. The minimum Gasteiger partial charge on any atom is -0.409 e. The van der Waals surface area contributed by atoms with E-state index in [0.29, 0.717) is 5.56 Å². The SMILES string of the molecule is CN(C)C(=O)Oc1ccccc1C#N. The molecule has 0 unspecified atom stereocenters. The minimum absolute atomic E-state index is 0.286. The summed E-state index contributed by atoms with van der Waals surface area (Å²) in [6, 6.07) is 8.54. The van der Waals surface area contributed by atoms with Gasteiger partial charge in [-0.15, -0.1) is 0 Å². The predicted molar refractivity (Wildman–Crippen MR) is 50.9 cm³/mol. The maximum absolute atomic E-state index is 11.2. The first-order chi connectivity index (χ1) is 6.65. The zero-order chi connectivity index (χ0) is 10.6. The van der Waals surface area contributed by atoms with E-state index in [1.165, 1.54) is 4.90 Å². The number of para-hydroxylation sites is 1. The zero-order valence-electron chi connectivity index (χ0n) is 8.02. The van der Waals surface area contributed by atoms with Gasteiger partial charge in [-0.1, -0.05) is 12.1 Å². The summed E-state index contributed by atoms with van der Waals surface area (Å²) >= 11 is 0. The van der Waals surface area contributed by atoms with Gasteiger partial charge in [0.05, 0.1) is 5.56 Å². The van der Waals surface area contributed by atoms with Crippen molar-refractivity contribution >= 4 is 6.09 Å². The average Bonchev–Trinajstić information content (AvgIpc) is 2.18. The van der Waals surface area contributed by atoms with Crippen LogP contribution in [0.3, 0.4) is 0 Å². The monoisotopic (exact) mass is 190 g/mol. The molecule has 0 bridgehead atoms. The standard InChI is InChI=1S/C10H10N2O2/c1-12(2)10(13)14-9-6-4-3-5-8(9)7-11/h3-6H,1-2H3. The fourth-order valence-corrected chi connectivity index (χ4v) is 0.833. The van der Waals surface area contributed by atoms with Crippen molar-refractivity contribution in [2.45, 2.75) is 0 Å². The van der Waals surface area contributed by atoms with Crippen LogP contribution in [0.5, 0.6) is 5.75 Å². The van der Waals surface area contributed by atoms with Gasteiger partial charge in [-0.2, -0.15) is 5.26 Å². The largest absolute Gasteiger partial charge is 0.414 e. The summed E-state index contributed by atoms with van der Waals surface area (Å²) in [5, 5.41) is 8.72. The van der Waals surface area contributed by atoms with Crippen molar-refractivity contribution in [3.8, 4) is 11.8 Å². The number of nitriles is 1. The lowest BCUT2D eigenvalue weighted by atomic mass is 10.2. The van der Waals surface area contributed by atoms with E-state index in [4.69, 9.17) is 10.00 Å². The summed E-state index contributed by atoms with van der Waals surface area (Å²) in [5.41, 5.74) is 0.350.